The second-order valence-corrected chi connectivity index (χ2v) is 7.24. The van der Waals surface area contributed by atoms with Gasteiger partial charge in [0.15, 0.2) is 0 Å². The Morgan fingerprint density at radius 1 is 1.07 bits per heavy atom. The highest BCUT2D eigenvalue weighted by Gasteiger charge is 2.14. The van der Waals surface area contributed by atoms with Gasteiger partial charge in [-0.3, -0.25) is 4.79 Å². The van der Waals surface area contributed by atoms with E-state index in [1.807, 2.05) is 29.2 Å². The minimum absolute atomic E-state index is 0.208. The highest BCUT2D eigenvalue weighted by molar-refractivity contribution is 5.80. The van der Waals surface area contributed by atoms with E-state index >= 15 is 0 Å². The number of aromatic nitrogens is 4. The fraction of sp³-hybridized carbons (Fsp3) is 0.391. The van der Waals surface area contributed by atoms with E-state index in [1.54, 1.807) is 7.11 Å². The quantitative estimate of drug-likeness (QED) is 0.484. The molecule has 3 aromatic rings. The minimum atomic E-state index is 0.208. The first-order chi connectivity index (χ1) is 14.7. The Balaban J connectivity index is 1.75. The lowest BCUT2D eigenvalue weighted by atomic mass is 9.98. The van der Waals surface area contributed by atoms with Crippen molar-refractivity contribution in [2.24, 2.45) is 0 Å². The summed E-state index contributed by atoms with van der Waals surface area (Å²) in [5.41, 5.74) is 4.15. The van der Waals surface area contributed by atoms with Crippen molar-refractivity contribution in [3.63, 3.8) is 0 Å². The van der Waals surface area contributed by atoms with Gasteiger partial charge in [-0.15, -0.1) is 10.2 Å². The van der Waals surface area contributed by atoms with Gasteiger partial charge < -0.3 is 9.64 Å². The molecule has 0 atom stereocenters. The molecule has 1 amide bonds. The third-order valence-electron chi connectivity index (χ3n) is 5.03. The largest absolute Gasteiger partial charge is 0.385 e. The number of benzene rings is 2. The third kappa shape index (κ3) is 5.73. The van der Waals surface area contributed by atoms with Gasteiger partial charge in [-0.1, -0.05) is 61.9 Å². The van der Waals surface area contributed by atoms with Crippen LogP contribution >= 0.6 is 0 Å². The molecule has 0 aliphatic heterocycles. The van der Waals surface area contributed by atoms with Crippen molar-refractivity contribution >= 4 is 5.91 Å². The molecule has 2 aromatic carbocycles. The summed E-state index contributed by atoms with van der Waals surface area (Å²) in [6.07, 6.45) is 3.38. The lowest BCUT2D eigenvalue weighted by Crippen LogP contribution is -2.31. The molecule has 0 aliphatic carbocycles. The SMILES string of the molecule is CCCCC(=O)N(CCCOC)Cc1ccc(-c2ccccc2-c2nn[nH]n2)cc1. The molecule has 0 fully saturated rings. The number of nitrogens with zero attached hydrogens (tertiary/aromatic N) is 4. The number of amides is 1. The van der Waals surface area contributed by atoms with Crippen molar-refractivity contribution in [2.45, 2.75) is 39.2 Å². The minimum Gasteiger partial charge on any atom is -0.385 e. The van der Waals surface area contributed by atoms with E-state index in [-0.39, 0.29) is 5.91 Å². The number of rotatable bonds is 11. The summed E-state index contributed by atoms with van der Waals surface area (Å²) in [4.78, 5) is 14.6. The molecule has 158 valence electrons. The molecule has 1 aromatic heterocycles. The highest BCUT2D eigenvalue weighted by atomic mass is 16.5. The number of ether oxygens (including phenoxy) is 1. The molecule has 0 aliphatic rings. The smallest absolute Gasteiger partial charge is 0.222 e. The first kappa shape index (κ1) is 21.6. The van der Waals surface area contributed by atoms with Crippen LogP contribution in [0.15, 0.2) is 48.5 Å². The molecule has 1 heterocycles. The monoisotopic (exact) mass is 407 g/mol. The highest BCUT2D eigenvalue weighted by Crippen LogP contribution is 2.29. The predicted molar refractivity (Wildman–Crippen MR) is 116 cm³/mol. The molecular formula is C23H29N5O2. The Bertz CT molecular complexity index is 910. The Kier molecular flexibility index (Phi) is 8.09. The molecule has 3 rings (SSSR count). The number of carbonyl (C=O) groups excluding carboxylic acids is 1. The van der Waals surface area contributed by atoms with E-state index in [1.165, 1.54) is 0 Å². The van der Waals surface area contributed by atoms with Crippen molar-refractivity contribution in [3.8, 4) is 22.5 Å². The van der Waals surface area contributed by atoms with Gasteiger partial charge in [0.25, 0.3) is 0 Å². The van der Waals surface area contributed by atoms with Gasteiger partial charge in [0.2, 0.25) is 11.7 Å². The van der Waals surface area contributed by atoms with Gasteiger partial charge in [0.05, 0.1) is 0 Å². The van der Waals surface area contributed by atoms with Crippen molar-refractivity contribution < 1.29 is 9.53 Å². The average Bonchev–Trinajstić information content (AvgIpc) is 3.32. The van der Waals surface area contributed by atoms with Gasteiger partial charge >= 0.3 is 0 Å². The zero-order valence-electron chi connectivity index (χ0n) is 17.7. The predicted octanol–water partition coefficient (Wildman–Crippen LogP) is 4.09. The van der Waals surface area contributed by atoms with E-state index in [2.05, 4.69) is 51.8 Å². The van der Waals surface area contributed by atoms with Gasteiger partial charge in [0.1, 0.15) is 0 Å². The molecule has 7 heteroatoms. The Morgan fingerprint density at radius 3 is 2.50 bits per heavy atom. The summed E-state index contributed by atoms with van der Waals surface area (Å²) in [6, 6.07) is 16.3. The zero-order chi connectivity index (χ0) is 21.2. The van der Waals surface area contributed by atoms with E-state index < -0.39 is 0 Å². The van der Waals surface area contributed by atoms with Gasteiger partial charge in [-0.2, -0.15) is 5.21 Å². The molecule has 0 bridgehead atoms. The van der Waals surface area contributed by atoms with Crippen molar-refractivity contribution in [3.05, 3.63) is 54.1 Å². The van der Waals surface area contributed by atoms with Crippen LogP contribution < -0.4 is 0 Å². The summed E-state index contributed by atoms with van der Waals surface area (Å²) in [5, 5.41) is 14.4. The number of tetrazole rings is 1. The van der Waals surface area contributed by atoms with E-state index in [9.17, 15) is 4.79 Å². The maximum absolute atomic E-state index is 12.6. The number of aromatic amines is 1. The molecule has 1 N–H and O–H groups in total. The second kappa shape index (κ2) is 11.2. The molecular weight excluding hydrogens is 378 g/mol. The van der Waals surface area contributed by atoms with Crippen LogP contribution in [0.5, 0.6) is 0 Å². The number of unbranched alkanes of at least 4 members (excludes halogenated alkanes) is 1. The lowest BCUT2D eigenvalue weighted by Gasteiger charge is -2.23. The second-order valence-electron chi connectivity index (χ2n) is 7.24. The number of carbonyl (C=O) groups is 1. The van der Waals surface area contributed by atoms with Crippen molar-refractivity contribution in [2.75, 3.05) is 20.3 Å². The van der Waals surface area contributed by atoms with Gasteiger partial charge in [-0.25, -0.2) is 0 Å². The molecule has 7 nitrogen and oxygen atoms in total. The first-order valence-electron chi connectivity index (χ1n) is 10.4. The third-order valence-corrected chi connectivity index (χ3v) is 5.03. The van der Waals surface area contributed by atoms with Crippen LogP contribution in [0.1, 0.15) is 38.2 Å². The molecule has 0 saturated heterocycles. The fourth-order valence-electron chi connectivity index (χ4n) is 3.39. The lowest BCUT2D eigenvalue weighted by molar-refractivity contribution is -0.132. The Morgan fingerprint density at radius 2 is 1.83 bits per heavy atom. The average molecular weight is 408 g/mol. The summed E-state index contributed by atoms with van der Waals surface area (Å²) in [6.45, 7) is 4.08. The van der Waals surface area contributed by atoms with Crippen molar-refractivity contribution in [1.82, 2.24) is 25.5 Å². The van der Waals surface area contributed by atoms with Crippen LogP contribution in [0.3, 0.4) is 0 Å². The maximum Gasteiger partial charge on any atom is 0.222 e. The molecule has 0 spiro atoms. The van der Waals surface area contributed by atoms with Crippen LogP contribution in [0.25, 0.3) is 22.5 Å². The van der Waals surface area contributed by atoms with Crippen LogP contribution in [0.2, 0.25) is 0 Å². The summed E-state index contributed by atoms with van der Waals surface area (Å²) < 4.78 is 5.16. The van der Waals surface area contributed by atoms with Gasteiger partial charge in [0, 0.05) is 38.8 Å². The number of methoxy groups -OCH3 is 1. The summed E-state index contributed by atoms with van der Waals surface area (Å²) in [5.74, 6) is 0.778. The first-order valence-corrected chi connectivity index (χ1v) is 10.4. The fourth-order valence-corrected chi connectivity index (χ4v) is 3.39. The Hall–Kier alpha value is -3.06. The molecule has 30 heavy (non-hydrogen) atoms. The van der Waals surface area contributed by atoms with E-state index in [0.717, 1.165) is 41.5 Å². The number of hydrogen-bond donors (Lipinski definition) is 1. The maximum atomic E-state index is 12.6. The van der Waals surface area contributed by atoms with Crippen LogP contribution in [-0.2, 0) is 16.1 Å². The zero-order valence-corrected chi connectivity index (χ0v) is 17.7. The summed E-state index contributed by atoms with van der Waals surface area (Å²) >= 11 is 0. The topological polar surface area (TPSA) is 84.0 Å². The van der Waals surface area contributed by atoms with Crippen LogP contribution in [-0.4, -0.2) is 51.7 Å². The van der Waals surface area contributed by atoms with Crippen LogP contribution in [0, 0.1) is 0 Å². The molecule has 0 radical (unpaired) electrons. The van der Waals surface area contributed by atoms with E-state index in [4.69, 9.17) is 4.74 Å². The number of H-pyrrole nitrogens is 1. The van der Waals surface area contributed by atoms with E-state index in [0.29, 0.717) is 31.9 Å². The molecule has 0 saturated carbocycles. The normalized spacial score (nSPS) is 10.9. The van der Waals surface area contributed by atoms with Crippen LogP contribution in [0.4, 0.5) is 0 Å². The van der Waals surface area contributed by atoms with Crippen molar-refractivity contribution in [1.29, 1.82) is 0 Å². The number of hydrogen-bond acceptors (Lipinski definition) is 5. The molecule has 0 unspecified atom stereocenters. The Labute approximate surface area is 177 Å². The van der Waals surface area contributed by atoms with Gasteiger partial charge in [-0.05, 0) is 34.7 Å². The standard InChI is InChI=1S/C23H29N5O2/c1-3-4-10-22(29)28(15-7-16-30-2)17-18-11-13-19(14-12-18)20-8-5-6-9-21(20)23-24-26-27-25-23/h5-6,8-9,11-14H,3-4,7,10,15-17H2,1-2H3,(H,24,25,26,27). The number of nitrogens with one attached hydrogen (secondary N) is 1. The summed E-state index contributed by atoms with van der Waals surface area (Å²) in [7, 11) is 1.69.